The largest absolute Gasteiger partial charge is 0.385 e. The van der Waals surface area contributed by atoms with E-state index in [-0.39, 0.29) is 18.4 Å². The van der Waals surface area contributed by atoms with Crippen LogP contribution in [0.3, 0.4) is 0 Å². The summed E-state index contributed by atoms with van der Waals surface area (Å²) in [6, 6.07) is -0.196. The molecule has 2 unspecified atom stereocenters. The Morgan fingerprint density at radius 3 is 2.33 bits per heavy atom. The van der Waals surface area contributed by atoms with Crippen LogP contribution in [-0.2, 0) is 0 Å². The van der Waals surface area contributed by atoms with Crippen molar-refractivity contribution in [3.63, 3.8) is 0 Å². The Balaban J connectivity index is 0.00000121. The summed E-state index contributed by atoms with van der Waals surface area (Å²) in [5, 5.41) is 15.5. The summed E-state index contributed by atoms with van der Waals surface area (Å²) >= 11 is 0. The predicted octanol–water partition coefficient (Wildman–Crippen LogP) is 0.300. The van der Waals surface area contributed by atoms with Gasteiger partial charge in [0.2, 0.25) is 0 Å². The quantitative estimate of drug-likeness (QED) is 0.629. The van der Waals surface area contributed by atoms with Crippen LogP contribution in [0.2, 0.25) is 0 Å². The van der Waals surface area contributed by atoms with Gasteiger partial charge in [0, 0.05) is 0 Å². The Morgan fingerprint density at radius 1 is 1.50 bits per heavy atom. The average molecular weight is 193 g/mol. The number of aliphatic hydroxyl groups excluding tert-OH is 1. The van der Waals surface area contributed by atoms with Gasteiger partial charge >= 0.3 is 0 Å². The van der Waals surface area contributed by atoms with Gasteiger partial charge in [-0.05, 0) is 13.8 Å². The van der Waals surface area contributed by atoms with Crippen molar-refractivity contribution >= 4 is 12.4 Å². The molecular weight excluding hydrogens is 180 g/mol. The number of nitrogens with one attached hydrogen (secondary N) is 1. The van der Waals surface area contributed by atoms with Crippen molar-refractivity contribution in [1.82, 2.24) is 15.2 Å². The van der Waals surface area contributed by atoms with Gasteiger partial charge in [-0.3, -0.25) is 5.10 Å². The number of H-pyrrole nitrogens is 1. The van der Waals surface area contributed by atoms with Gasteiger partial charge in [0.25, 0.3) is 0 Å². The minimum atomic E-state index is -0.616. The summed E-state index contributed by atoms with van der Waals surface area (Å²) < 4.78 is 0. The van der Waals surface area contributed by atoms with E-state index < -0.39 is 6.10 Å². The van der Waals surface area contributed by atoms with Crippen molar-refractivity contribution in [1.29, 1.82) is 0 Å². The molecule has 6 heteroatoms. The second-order valence-electron chi connectivity index (χ2n) is 2.54. The lowest BCUT2D eigenvalue weighted by molar-refractivity contribution is 0.189. The van der Waals surface area contributed by atoms with Gasteiger partial charge in [0.15, 0.2) is 11.6 Å². The van der Waals surface area contributed by atoms with E-state index in [4.69, 9.17) is 10.8 Å². The molecule has 70 valence electrons. The lowest BCUT2D eigenvalue weighted by atomic mass is 10.3. The number of nitrogens with zero attached hydrogens (tertiary/aromatic N) is 2. The summed E-state index contributed by atoms with van der Waals surface area (Å²) in [4.78, 5) is 3.97. The molecule has 0 aromatic carbocycles. The van der Waals surface area contributed by atoms with Gasteiger partial charge in [0.05, 0.1) is 6.04 Å². The Morgan fingerprint density at radius 2 is 2.08 bits per heavy atom. The topological polar surface area (TPSA) is 87.8 Å². The molecule has 12 heavy (non-hydrogen) atoms. The molecular formula is C6H13ClN4O. The first-order valence-corrected chi connectivity index (χ1v) is 3.47. The molecule has 4 N–H and O–H groups in total. The fourth-order valence-electron chi connectivity index (χ4n) is 0.678. The van der Waals surface area contributed by atoms with E-state index in [1.807, 2.05) is 0 Å². The Kier molecular flexibility index (Phi) is 4.16. The number of aromatic nitrogens is 3. The third-order valence-corrected chi connectivity index (χ3v) is 1.32. The molecule has 0 saturated heterocycles. The van der Waals surface area contributed by atoms with Crippen LogP contribution in [0, 0.1) is 0 Å². The fraction of sp³-hybridized carbons (Fsp3) is 0.667. The van der Waals surface area contributed by atoms with Crippen molar-refractivity contribution in [3.8, 4) is 0 Å². The van der Waals surface area contributed by atoms with Crippen LogP contribution in [-0.4, -0.2) is 20.3 Å². The second kappa shape index (κ2) is 4.39. The van der Waals surface area contributed by atoms with E-state index >= 15 is 0 Å². The van der Waals surface area contributed by atoms with Crippen LogP contribution >= 0.6 is 12.4 Å². The van der Waals surface area contributed by atoms with E-state index in [0.717, 1.165) is 0 Å². The zero-order valence-corrected chi connectivity index (χ0v) is 7.80. The van der Waals surface area contributed by atoms with Crippen LogP contribution in [0.15, 0.2) is 0 Å². The smallest absolute Gasteiger partial charge is 0.167 e. The van der Waals surface area contributed by atoms with Crippen molar-refractivity contribution in [3.05, 3.63) is 11.6 Å². The first kappa shape index (κ1) is 11.4. The van der Waals surface area contributed by atoms with Gasteiger partial charge in [-0.15, -0.1) is 12.4 Å². The van der Waals surface area contributed by atoms with Crippen molar-refractivity contribution in [2.45, 2.75) is 26.0 Å². The Labute approximate surface area is 76.8 Å². The maximum atomic E-state index is 9.04. The third kappa shape index (κ3) is 2.44. The number of nitrogens with two attached hydrogens (primary N) is 1. The first-order valence-electron chi connectivity index (χ1n) is 3.47. The summed E-state index contributed by atoms with van der Waals surface area (Å²) in [5.74, 6) is 0.984. The summed E-state index contributed by atoms with van der Waals surface area (Å²) in [6.07, 6.45) is -0.616. The molecule has 0 aliphatic heterocycles. The van der Waals surface area contributed by atoms with E-state index in [1.54, 1.807) is 13.8 Å². The first-order chi connectivity index (χ1) is 5.11. The van der Waals surface area contributed by atoms with Gasteiger partial charge in [-0.1, -0.05) is 0 Å². The van der Waals surface area contributed by atoms with Gasteiger partial charge in [0.1, 0.15) is 6.10 Å². The molecule has 0 spiro atoms. The number of hydrogen-bond donors (Lipinski definition) is 3. The number of aliphatic hydroxyl groups is 1. The highest BCUT2D eigenvalue weighted by Gasteiger charge is 2.09. The highest BCUT2D eigenvalue weighted by Crippen LogP contribution is 2.07. The molecule has 0 aliphatic rings. The monoisotopic (exact) mass is 192 g/mol. The molecule has 1 aromatic heterocycles. The van der Waals surface area contributed by atoms with Crippen LogP contribution in [0.4, 0.5) is 0 Å². The lowest BCUT2D eigenvalue weighted by Gasteiger charge is -1.96. The maximum absolute atomic E-state index is 9.04. The van der Waals surface area contributed by atoms with Gasteiger partial charge in [-0.25, -0.2) is 4.98 Å². The van der Waals surface area contributed by atoms with Crippen LogP contribution in [0.1, 0.15) is 37.6 Å². The number of rotatable bonds is 2. The van der Waals surface area contributed by atoms with Crippen LogP contribution < -0.4 is 5.73 Å². The SMILES string of the molecule is CC(N)c1n[nH]c(C(C)O)n1.Cl. The molecule has 0 radical (unpaired) electrons. The van der Waals surface area contributed by atoms with E-state index in [2.05, 4.69) is 15.2 Å². The van der Waals surface area contributed by atoms with Crippen LogP contribution in [0.5, 0.6) is 0 Å². The average Bonchev–Trinajstić information content (AvgIpc) is 2.33. The lowest BCUT2D eigenvalue weighted by Crippen LogP contribution is -2.07. The summed E-state index contributed by atoms with van der Waals surface area (Å²) in [6.45, 7) is 3.40. The maximum Gasteiger partial charge on any atom is 0.167 e. The molecule has 5 nitrogen and oxygen atoms in total. The molecule has 2 atom stereocenters. The van der Waals surface area contributed by atoms with Gasteiger partial charge < -0.3 is 10.8 Å². The molecule has 0 amide bonds. The molecule has 1 aromatic rings. The standard InChI is InChI=1S/C6H12N4O.ClH/c1-3(7)5-8-6(4(2)11)10-9-5;/h3-4,11H,7H2,1-2H3,(H,8,9,10);1H. The van der Waals surface area contributed by atoms with E-state index in [9.17, 15) is 0 Å². The second-order valence-corrected chi connectivity index (χ2v) is 2.54. The molecule has 1 heterocycles. The number of halogens is 1. The Hall–Kier alpha value is -0.650. The normalized spacial score (nSPS) is 15.0. The van der Waals surface area contributed by atoms with E-state index in [0.29, 0.717) is 11.6 Å². The molecule has 0 bridgehead atoms. The third-order valence-electron chi connectivity index (χ3n) is 1.32. The van der Waals surface area contributed by atoms with Crippen LogP contribution in [0.25, 0.3) is 0 Å². The highest BCUT2D eigenvalue weighted by molar-refractivity contribution is 5.85. The zero-order valence-electron chi connectivity index (χ0n) is 6.98. The molecule has 0 aliphatic carbocycles. The Bertz CT molecular complexity index is 213. The van der Waals surface area contributed by atoms with Crippen molar-refractivity contribution in [2.24, 2.45) is 5.73 Å². The minimum absolute atomic E-state index is 0. The van der Waals surface area contributed by atoms with Crippen molar-refractivity contribution in [2.75, 3.05) is 0 Å². The number of hydrogen-bond acceptors (Lipinski definition) is 4. The summed E-state index contributed by atoms with van der Waals surface area (Å²) in [7, 11) is 0. The van der Waals surface area contributed by atoms with E-state index in [1.165, 1.54) is 0 Å². The number of aromatic amines is 1. The predicted molar refractivity (Wildman–Crippen MR) is 46.9 cm³/mol. The fourth-order valence-corrected chi connectivity index (χ4v) is 0.678. The van der Waals surface area contributed by atoms with Gasteiger partial charge in [-0.2, -0.15) is 5.10 Å². The highest BCUT2D eigenvalue weighted by atomic mass is 35.5. The summed E-state index contributed by atoms with van der Waals surface area (Å²) in [5.41, 5.74) is 5.50. The molecule has 0 fully saturated rings. The molecule has 0 saturated carbocycles. The zero-order chi connectivity index (χ0) is 8.43. The van der Waals surface area contributed by atoms with Crippen molar-refractivity contribution < 1.29 is 5.11 Å². The minimum Gasteiger partial charge on any atom is -0.385 e. The molecule has 1 rings (SSSR count).